The first-order valence-corrected chi connectivity index (χ1v) is 6.58. The molecule has 3 rings (SSSR count). The standard InChI is InChI=1S/C14H13N3O5/c1-8-14(17(19)20)9(2)16(15-8)6-11(18)10-3-4-12-13(5-10)22-7-21-12/h3-5H,6-7H2,1-2H3. The van der Waals surface area contributed by atoms with Gasteiger partial charge in [0.2, 0.25) is 6.79 Å². The van der Waals surface area contributed by atoms with Gasteiger partial charge in [0.05, 0.1) is 4.92 Å². The van der Waals surface area contributed by atoms with Crippen molar-refractivity contribution in [3.05, 3.63) is 45.3 Å². The number of ketones is 1. The van der Waals surface area contributed by atoms with Gasteiger partial charge in [-0.1, -0.05) is 0 Å². The van der Waals surface area contributed by atoms with Crippen LogP contribution in [0.3, 0.4) is 0 Å². The molecule has 0 saturated heterocycles. The second kappa shape index (κ2) is 5.14. The summed E-state index contributed by atoms with van der Waals surface area (Å²) in [5.41, 5.74) is 1.04. The second-order valence-electron chi connectivity index (χ2n) is 4.93. The molecule has 0 aliphatic carbocycles. The second-order valence-corrected chi connectivity index (χ2v) is 4.93. The highest BCUT2D eigenvalue weighted by Gasteiger charge is 2.23. The predicted octanol–water partition coefficient (Wildman–Crippen LogP) is 2.02. The highest BCUT2D eigenvalue weighted by Crippen LogP contribution is 2.32. The summed E-state index contributed by atoms with van der Waals surface area (Å²) in [5.74, 6) is 0.905. The van der Waals surface area contributed by atoms with Gasteiger partial charge in [0.1, 0.15) is 17.9 Å². The van der Waals surface area contributed by atoms with Crippen LogP contribution in [0.15, 0.2) is 18.2 Å². The normalized spacial score (nSPS) is 12.5. The van der Waals surface area contributed by atoms with Crippen LogP contribution in [0, 0.1) is 24.0 Å². The number of carbonyl (C=O) groups excluding carboxylic acids is 1. The Balaban J connectivity index is 1.86. The van der Waals surface area contributed by atoms with E-state index in [1.807, 2.05) is 0 Å². The average Bonchev–Trinajstić information content (AvgIpc) is 3.02. The van der Waals surface area contributed by atoms with Gasteiger partial charge in [-0.25, -0.2) is 0 Å². The van der Waals surface area contributed by atoms with Gasteiger partial charge in [-0.3, -0.25) is 19.6 Å². The van der Waals surface area contributed by atoms with Crippen molar-refractivity contribution in [3.8, 4) is 11.5 Å². The van der Waals surface area contributed by atoms with Gasteiger partial charge in [-0.2, -0.15) is 5.10 Å². The third-order valence-corrected chi connectivity index (χ3v) is 3.51. The highest BCUT2D eigenvalue weighted by molar-refractivity contribution is 5.96. The third kappa shape index (κ3) is 2.28. The average molecular weight is 303 g/mol. The van der Waals surface area contributed by atoms with Crippen LogP contribution in [0.25, 0.3) is 0 Å². The summed E-state index contributed by atoms with van der Waals surface area (Å²) in [5, 5.41) is 15.0. The lowest BCUT2D eigenvalue weighted by molar-refractivity contribution is -0.386. The molecule has 0 bridgehead atoms. The molecule has 0 unspecified atom stereocenters. The maximum Gasteiger partial charge on any atom is 0.312 e. The highest BCUT2D eigenvalue weighted by atomic mass is 16.7. The molecule has 0 fully saturated rings. The predicted molar refractivity (Wildman–Crippen MR) is 75.3 cm³/mol. The quantitative estimate of drug-likeness (QED) is 0.487. The lowest BCUT2D eigenvalue weighted by Crippen LogP contribution is -2.13. The summed E-state index contributed by atoms with van der Waals surface area (Å²) in [4.78, 5) is 22.8. The zero-order valence-corrected chi connectivity index (χ0v) is 12.0. The molecule has 8 heteroatoms. The van der Waals surface area contributed by atoms with Gasteiger partial charge >= 0.3 is 5.69 Å². The number of aromatic nitrogens is 2. The van der Waals surface area contributed by atoms with Crippen LogP contribution in [0.4, 0.5) is 5.69 Å². The van der Waals surface area contributed by atoms with Crippen LogP contribution < -0.4 is 9.47 Å². The van der Waals surface area contributed by atoms with E-state index in [0.29, 0.717) is 28.5 Å². The third-order valence-electron chi connectivity index (χ3n) is 3.51. The molecule has 0 spiro atoms. The van der Waals surface area contributed by atoms with E-state index in [9.17, 15) is 14.9 Å². The van der Waals surface area contributed by atoms with E-state index in [1.165, 1.54) is 4.68 Å². The maximum absolute atomic E-state index is 12.3. The van der Waals surface area contributed by atoms with Crippen molar-refractivity contribution in [1.29, 1.82) is 0 Å². The topological polar surface area (TPSA) is 96.5 Å². The van der Waals surface area contributed by atoms with E-state index in [2.05, 4.69) is 5.10 Å². The van der Waals surface area contributed by atoms with Crippen molar-refractivity contribution in [2.75, 3.05) is 6.79 Å². The lowest BCUT2D eigenvalue weighted by Gasteiger charge is -2.04. The van der Waals surface area contributed by atoms with E-state index >= 15 is 0 Å². The van der Waals surface area contributed by atoms with E-state index in [-0.39, 0.29) is 24.8 Å². The molecule has 1 aromatic heterocycles. The van der Waals surface area contributed by atoms with Gasteiger partial charge < -0.3 is 9.47 Å². The lowest BCUT2D eigenvalue weighted by atomic mass is 10.1. The van der Waals surface area contributed by atoms with Crippen molar-refractivity contribution >= 4 is 11.5 Å². The zero-order chi connectivity index (χ0) is 15.9. The molecule has 8 nitrogen and oxygen atoms in total. The molecule has 1 aliphatic heterocycles. The van der Waals surface area contributed by atoms with Gasteiger partial charge in [0, 0.05) is 5.56 Å². The Labute approximate surface area is 125 Å². The minimum absolute atomic E-state index is 0.0570. The van der Waals surface area contributed by atoms with Crippen LogP contribution >= 0.6 is 0 Å². The minimum Gasteiger partial charge on any atom is -0.454 e. The molecule has 1 aromatic carbocycles. The Morgan fingerprint density at radius 1 is 1.36 bits per heavy atom. The van der Waals surface area contributed by atoms with Gasteiger partial charge in [0.25, 0.3) is 0 Å². The fourth-order valence-corrected chi connectivity index (χ4v) is 2.40. The van der Waals surface area contributed by atoms with Crippen LogP contribution in [0.1, 0.15) is 21.7 Å². The number of fused-ring (bicyclic) bond motifs is 1. The Morgan fingerprint density at radius 2 is 2.09 bits per heavy atom. The van der Waals surface area contributed by atoms with Crippen molar-refractivity contribution in [1.82, 2.24) is 9.78 Å². The molecule has 22 heavy (non-hydrogen) atoms. The van der Waals surface area contributed by atoms with Crippen LogP contribution in [-0.4, -0.2) is 27.3 Å². The number of rotatable bonds is 4. The number of hydrogen-bond donors (Lipinski definition) is 0. The minimum atomic E-state index is -0.487. The molecule has 0 N–H and O–H groups in total. The fraction of sp³-hybridized carbons (Fsp3) is 0.286. The molecule has 2 heterocycles. The first-order valence-electron chi connectivity index (χ1n) is 6.58. The smallest absolute Gasteiger partial charge is 0.312 e. The molecule has 0 amide bonds. The van der Waals surface area contributed by atoms with E-state index in [1.54, 1.807) is 32.0 Å². The first kappa shape index (κ1) is 14.1. The summed E-state index contributed by atoms with van der Waals surface area (Å²) in [6.45, 7) is 3.19. The van der Waals surface area contributed by atoms with Gasteiger partial charge in [0.15, 0.2) is 17.3 Å². The van der Waals surface area contributed by atoms with Gasteiger partial charge in [-0.15, -0.1) is 0 Å². The molecule has 0 radical (unpaired) electrons. The SMILES string of the molecule is Cc1nn(CC(=O)c2ccc3c(c2)OCO3)c(C)c1[N+](=O)[O-]. The molecule has 1 aliphatic rings. The first-order chi connectivity index (χ1) is 10.5. The summed E-state index contributed by atoms with van der Waals surface area (Å²) < 4.78 is 11.8. The summed E-state index contributed by atoms with van der Waals surface area (Å²) in [7, 11) is 0. The van der Waals surface area contributed by atoms with Gasteiger partial charge in [-0.05, 0) is 32.0 Å². The number of hydrogen-bond acceptors (Lipinski definition) is 6. The summed E-state index contributed by atoms with van der Waals surface area (Å²) in [6.07, 6.45) is 0. The van der Waals surface area contributed by atoms with E-state index < -0.39 is 4.92 Å². The molecular formula is C14H13N3O5. The number of nitrogens with zero attached hydrogens (tertiary/aromatic N) is 3. The Kier molecular flexibility index (Phi) is 3.28. The van der Waals surface area contributed by atoms with Crippen molar-refractivity contribution < 1.29 is 19.2 Å². The summed E-state index contributed by atoms with van der Waals surface area (Å²) in [6, 6.07) is 4.90. The molecule has 0 saturated carbocycles. The van der Waals surface area contributed by atoms with Crippen molar-refractivity contribution in [2.45, 2.75) is 20.4 Å². The Bertz CT molecular complexity index is 781. The van der Waals surface area contributed by atoms with Crippen molar-refractivity contribution in [2.24, 2.45) is 0 Å². The zero-order valence-electron chi connectivity index (χ0n) is 12.0. The number of carbonyl (C=O) groups is 1. The van der Waals surface area contributed by atoms with E-state index in [4.69, 9.17) is 9.47 Å². The maximum atomic E-state index is 12.3. The monoisotopic (exact) mass is 303 g/mol. The molecule has 2 aromatic rings. The molecule has 114 valence electrons. The van der Waals surface area contributed by atoms with E-state index in [0.717, 1.165) is 0 Å². The fourth-order valence-electron chi connectivity index (χ4n) is 2.40. The summed E-state index contributed by atoms with van der Waals surface area (Å²) >= 11 is 0. The molecular weight excluding hydrogens is 290 g/mol. The number of ether oxygens (including phenoxy) is 2. The molecule has 0 atom stereocenters. The van der Waals surface area contributed by atoms with Crippen LogP contribution in [0.5, 0.6) is 11.5 Å². The largest absolute Gasteiger partial charge is 0.454 e. The number of nitro groups is 1. The van der Waals surface area contributed by atoms with Crippen LogP contribution in [0.2, 0.25) is 0 Å². The van der Waals surface area contributed by atoms with Crippen LogP contribution in [-0.2, 0) is 6.54 Å². The Hall–Kier alpha value is -2.90. The number of benzene rings is 1. The Morgan fingerprint density at radius 3 is 2.77 bits per heavy atom. The van der Waals surface area contributed by atoms with Crippen molar-refractivity contribution in [3.63, 3.8) is 0 Å². The number of aryl methyl sites for hydroxylation is 1. The number of Topliss-reactive ketones (excluding diaryl/α,β-unsaturated/α-hetero) is 1.